The summed E-state index contributed by atoms with van der Waals surface area (Å²) < 4.78 is 0. The molecule has 1 aromatic rings. The van der Waals surface area contributed by atoms with E-state index in [2.05, 4.69) is 16.0 Å². The lowest BCUT2D eigenvalue weighted by atomic mass is 9.89. The van der Waals surface area contributed by atoms with Crippen molar-refractivity contribution in [2.24, 2.45) is 5.41 Å². The van der Waals surface area contributed by atoms with E-state index in [-0.39, 0.29) is 23.9 Å². The zero-order valence-corrected chi connectivity index (χ0v) is 15.2. The second-order valence-corrected chi connectivity index (χ2v) is 6.95. The van der Waals surface area contributed by atoms with Gasteiger partial charge >= 0.3 is 6.03 Å². The molecular weight excluding hydrogens is 320 g/mol. The Kier molecular flexibility index (Phi) is 5.66. The van der Waals surface area contributed by atoms with Crippen LogP contribution in [0.2, 0.25) is 0 Å². The van der Waals surface area contributed by atoms with E-state index in [4.69, 9.17) is 0 Å². The first-order valence-corrected chi connectivity index (χ1v) is 8.44. The number of hydrogen-bond donors (Lipinski definition) is 3. The van der Waals surface area contributed by atoms with Gasteiger partial charge in [0.2, 0.25) is 5.91 Å². The highest BCUT2D eigenvalue weighted by molar-refractivity contribution is 5.97. The van der Waals surface area contributed by atoms with Gasteiger partial charge in [-0.05, 0) is 45.4 Å². The van der Waals surface area contributed by atoms with Gasteiger partial charge in [0.05, 0.1) is 5.41 Å². The van der Waals surface area contributed by atoms with E-state index in [0.717, 1.165) is 0 Å². The van der Waals surface area contributed by atoms with Crippen LogP contribution in [0.25, 0.3) is 0 Å². The van der Waals surface area contributed by atoms with Crippen molar-refractivity contribution in [2.75, 3.05) is 25.5 Å². The quantitative estimate of drug-likeness (QED) is 0.777. The van der Waals surface area contributed by atoms with Crippen molar-refractivity contribution in [1.82, 2.24) is 15.5 Å². The van der Waals surface area contributed by atoms with Crippen LogP contribution in [-0.2, 0) is 4.79 Å². The zero-order chi connectivity index (χ0) is 18.6. The van der Waals surface area contributed by atoms with Crippen LogP contribution in [0.1, 0.15) is 37.6 Å². The molecule has 7 heteroatoms. The Morgan fingerprint density at radius 1 is 1.24 bits per heavy atom. The SMILES string of the molecule is CNC(=O)[C@]1(C)CCN(C(=O)c2cccc(NC(=O)NC(C)C)c2)C1. The highest BCUT2D eigenvalue weighted by Crippen LogP contribution is 2.31. The number of hydrogen-bond acceptors (Lipinski definition) is 3. The maximum absolute atomic E-state index is 12.7. The average molecular weight is 346 g/mol. The van der Waals surface area contributed by atoms with Crippen molar-refractivity contribution in [2.45, 2.75) is 33.2 Å². The molecule has 1 heterocycles. The molecule has 0 spiro atoms. The Balaban J connectivity index is 2.07. The van der Waals surface area contributed by atoms with Crippen LogP contribution < -0.4 is 16.0 Å². The molecule has 1 saturated heterocycles. The van der Waals surface area contributed by atoms with Gasteiger partial charge in [0.15, 0.2) is 0 Å². The molecule has 1 aliphatic heterocycles. The lowest BCUT2D eigenvalue weighted by Crippen LogP contribution is -2.40. The minimum absolute atomic E-state index is 0.0248. The van der Waals surface area contributed by atoms with Crippen molar-refractivity contribution in [3.8, 4) is 0 Å². The first-order chi connectivity index (χ1) is 11.7. The number of urea groups is 1. The molecule has 7 nitrogen and oxygen atoms in total. The standard InChI is InChI=1S/C18H26N4O3/c1-12(2)20-17(25)21-14-7-5-6-13(10-14)15(23)22-9-8-18(3,11-22)16(24)19-4/h5-7,10,12H,8-9,11H2,1-4H3,(H,19,24)(H2,20,21,25)/t18-/m1/s1. The van der Waals surface area contributed by atoms with Crippen LogP contribution in [0.5, 0.6) is 0 Å². The Morgan fingerprint density at radius 2 is 1.96 bits per heavy atom. The number of amides is 4. The molecule has 4 amide bonds. The van der Waals surface area contributed by atoms with E-state index in [9.17, 15) is 14.4 Å². The van der Waals surface area contributed by atoms with Gasteiger partial charge in [-0.3, -0.25) is 9.59 Å². The van der Waals surface area contributed by atoms with Crippen molar-refractivity contribution >= 4 is 23.5 Å². The van der Waals surface area contributed by atoms with Crippen LogP contribution in [0.4, 0.5) is 10.5 Å². The molecule has 136 valence electrons. The van der Waals surface area contributed by atoms with Crippen LogP contribution in [-0.4, -0.2) is 48.9 Å². The maximum atomic E-state index is 12.7. The molecule has 0 saturated carbocycles. The molecule has 2 rings (SSSR count). The predicted molar refractivity (Wildman–Crippen MR) is 96.4 cm³/mol. The summed E-state index contributed by atoms with van der Waals surface area (Å²) in [4.78, 5) is 38.2. The molecule has 1 fully saturated rings. The molecule has 1 aliphatic rings. The Bertz CT molecular complexity index is 674. The van der Waals surface area contributed by atoms with Gasteiger partial charge in [-0.15, -0.1) is 0 Å². The molecule has 0 radical (unpaired) electrons. The van der Waals surface area contributed by atoms with Crippen LogP contribution in [0, 0.1) is 5.41 Å². The van der Waals surface area contributed by atoms with Gasteiger partial charge in [-0.2, -0.15) is 0 Å². The summed E-state index contributed by atoms with van der Waals surface area (Å²) in [5.74, 6) is -0.191. The van der Waals surface area contributed by atoms with E-state index in [1.54, 1.807) is 36.2 Å². The van der Waals surface area contributed by atoms with E-state index in [0.29, 0.717) is 30.8 Å². The van der Waals surface area contributed by atoms with Gasteiger partial charge in [0.25, 0.3) is 5.91 Å². The first-order valence-electron chi connectivity index (χ1n) is 8.44. The number of anilines is 1. The van der Waals surface area contributed by atoms with E-state index in [1.165, 1.54) is 0 Å². The average Bonchev–Trinajstić information content (AvgIpc) is 2.96. The van der Waals surface area contributed by atoms with Gasteiger partial charge < -0.3 is 20.9 Å². The summed E-state index contributed by atoms with van der Waals surface area (Å²) in [6, 6.07) is 6.53. The number of benzene rings is 1. The molecule has 0 aliphatic carbocycles. The fraction of sp³-hybridized carbons (Fsp3) is 0.500. The third kappa shape index (κ3) is 4.49. The summed E-state index contributed by atoms with van der Waals surface area (Å²) in [5.41, 5.74) is 0.484. The van der Waals surface area contributed by atoms with Gasteiger partial charge in [-0.25, -0.2) is 4.79 Å². The van der Waals surface area contributed by atoms with Crippen molar-refractivity contribution in [3.05, 3.63) is 29.8 Å². The van der Waals surface area contributed by atoms with Crippen LogP contribution in [0.15, 0.2) is 24.3 Å². The van der Waals surface area contributed by atoms with Crippen LogP contribution in [0.3, 0.4) is 0 Å². The van der Waals surface area contributed by atoms with Crippen molar-refractivity contribution < 1.29 is 14.4 Å². The number of carbonyl (C=O) groups excluding carboxylic acids is 3. The van der Waals surface area contributed by atoms with Gasteiger partial charge in [0, 0.05) is 37.4 Å². The fourth-order valence-corrected chi connectivity index (χ4v) is 2.96. The highest BCUT2D eigenvalue weighted by Gasteiger charge is 2.41. The summed E-state index contributed by atoms with van der Waals surface area (Å²) in [7, 11) is 1.61. The Morgan fingerprint density at radius 3 is 2.60 bits per heavy atom. The smallest absolute Gasteiger partial charge is 0.319 e. The van der Waals surface area contributed by atoms with Gasteiger partial charge in [-0.1, -0.05) is 6.07 Å². The zero-order valence-electron chi connectivity index (χ0n) is 15.2. The molecular formula is C18H26N4O3. The topological polar surface area (TPSA) is 90.5 Å². The number of carbonyl (C=O) groups is 3. The maximum Gasteiger partial charge on any atom is 0.319 e. The third-order valence-electron chi connectivity index (χ3n) is 4.32. The molecule has 3 N–H and O–H groups in total. The monoisotopic (exact) mass is 346 g/mol. The normalized spacial score (nSPS) is 19.6. The number of nitrogens with one attached hydrogen (secondary N) is 3. The highest BCUT2D eigenvalue weighted by atomic mass is 16.2. The second-order valence-electron chi connectivity index (χ2n) is 6.95. The van der Waals surface area contributed by atoms with E-state index >= 15 is 0 Å². The number of nitrogens with zero attached hydrogens (tertiary/aromatic N) is 1. The van der Waals surface area contributed by atoms with E-state index < -0.39 is 5.41 Å². The minimum Gasteiger partial charge on any atom is -0.359 e. The largest absolute Gasteiger partial charge is 0.359 e. The third-order valence-corrected chi connectivity index (χ3v) is 4.32. The summed E-state index contributed by atoms with van der Waals surface area (Å²) in [6.07, 6.45) is 0.632. The van der Waals surface area contributed by atoms with Crippen molar-refractivity contribution in [1.29, 1.82) is 0 Å². The fourth-order valence-electron chi connectivity index (χ4n) is 2.96. The lowest BCUT2D eigenvalue weighted by molar-refractivity contribution is -0.128. The molecule has 25 heavy (non-hydrogen) atoms. The predicted octanol–water partition coefficient (Wildman–Crippen LogP) is 1.81. The lowest BCUT2D eigenvalue weighted by Gasteiger charge is -2.23. The second kappa shape index (κ2) is 7.55. The molecule has 1 atom stereocenters. The Hall–Kier alpha value is -2.57. The molecule has 0 bridgehead atoms. The van der Waals surface area contributed by atoms with E-state index in [1.807, 2.05) is 20.8 Å². The molecule has 1 aromatic carbocycles. The summed E-state index contributed by atoms with van der Waals surface area (Å²) in [6.45, 7) is 6.53. The summed E-state index contributed by atoms with van der Waals surface area (Å²) >= 11 is 0. The van der Waals surface area contributed by atoms with Gasteiger partial charge in [0.1, 0.15) is 0 Å². The first kappa shape index (κ1) is 18.8. The Labute approximate surface area is 148 Å². The molecule has 0 aromatic heterocycles. The minimum atomic E-state index is -0.558. The molecule has 0 unspecified atom stereocenters. The number of likely N-dealkylation sites (tertiary alicyclic amines) is 1. The van der Waals surface area contributed by atoms with Crippen molar-refractivity contribution in [3.63, 3.8) is 0 Å². The number of rotatable bonds is 4. The summed E-state index contributed by atoms with van der Waals surface area (Å²) in [5, 5.41) is 8.11. The van der Waals surface area contributed by atoms with Crippen LogP contribution >= 0.6 is 0 Å².